The van der Waals surface area contributed by atoms with Crippen molar-refractivity contribution in [3.05, 3.63) is 57.9 Å². The third-order valence-electron chi connectivity index (χ3n) is 4.21. The summed E-state index contributed by atoms with van der Waals surface area (Å²) in [4.78, 5) is 40.6. The van der Waals surface area contributed by atoms with Gasteiger partial charge in [0.25, 0.3) is 11.8 Å². The highest BCUT2D eigenvalue weighted by Crippen LogP contribution is 2.20. The van der Waals surface area contributed by atoms with E-state index in [0.717, 1.165) is 5.56 Å². The van der Waals surface area contributed by atoms with Crippen molar-refractivity contribution in [2.45, 2.75) is 27.3 Å². The molecule has 2 aromatic rings. The van der Waals surface area contributed by atoms with Gasteiger partial charge < -0.3 is 15.2 Å². The summed E-state index contributed by atoms with van der Waals surface area (Å²) in [6.07, 6.45) is 0. The lowest BCUT2D eigenvalue weighted by Crippen LogP contribution is -2.27. The van der Waals surface area contributed by atoms with Gasteiger partial charge in [-0.05, 0) is 44.0 Å². The van der Waals surface area contributed by atoms with E-state index in [1.807, 2.05) is 12.1 Å². The SMILES string of the molecule is CNC(=O)c1ccc(CN(C)C(=O)c2[nH]c(C)c(C(C)=O)c2C)cc1. The smallest absolute Gasteiger partial charge is 0.270 e. The summed E-state index contributed by atoms with van der Waals surface area (Å²) in [6, 6.07) is 7.10. The highest BCUT2D eigenvalue weighted by molar-refractivity contribution is 6.02. The van der Waals surface area contributed by atoms with Crippen LogP contribution in [-0.2, 0) is 6.54 Å². The maximum atomic E-state index is 12.7. The number of aryl methyl sites for hydroxylation is 1. The van der Waals surface area contributed by atoms with Crippen molar-refractivity contribution in [2.24, 2.45) is 0 Å². The number of carbonyl (C=O) groups is 3. The van der Waals surface area contributed by atoms with E-state index in [9.17, 15) is 14.4 Å². The standard InChI is InChI=1S/C19H23N3O3/c1-11-16(13(3)23)12(2)21-17(11)19(25)22(5)10-14-6-8-15(9-7-14)18(24)20-4/h6-9,21H,10H2,1-5H3,(H,20,24). The van der Waals surface area contributed by atoms with Crippen LogP contribution in [0.2, 0.25) is 0 Å². The molecule has 0 radical (unpaired) electrons. The first kappa shape index (κ1) is 18.4. The number of aromatic nitrogens is 1. The van der Waals surface area contributed by atoms with Crippen LogP contribution in [0.3, 0.4) is 0 Å². The molecule has 0 aliphatic heterocycles. The van der Waals surface area contributed by atoms with Gasteiger partial charge in [-0.2, -0.15) is 0 Å². The molecule has 0 bridgehead atoms. The van der Waals surface area contributed by atoms with Gasteiger partial charge in [-0.1, -0.05) is 12.1 Å². The first-order chi connectivity index (χ1) is 11.8. The molecule has 0 fully saturated rings. The Morgan fingerprint density at radius 2 is 1.72 bits per heavy atom. The number of amides is 2. The summed E-state index contributed by atoms with van der Waals surface area (Å²) in [6.45, 7) is 5.46. The average Bonchev–Trinajstić information content (AvgIpc) is 2.88. The van der Waals surface area contributed by atoms with Crippen LogP contribution in [0.25, 0.3) is 0 Å². The molecule has 1 aromatic heterocycles. The summed E-state index contributed by atoms with van der Waals surface area (Å²) >= 11 is 0. The summed E-state index contributed by atoms with van der Waals surface area (Å²) in [7, 11) is 3.29. The molecular weight excluding hydrogens is 318 g/mol. The van der Waals surface area contributed by atoms with Gasteiger partial charge in [-0.15, -0.1) is 0 Å². The second-order valence-electron chi connectivity index (χ2n) is 6.12. The lowest BCUT2D eigenvalue weighted by atomic mass is 10.1. The molecule has 0 unspecified atom stereocenters. The lowest BCUT2D eigenvalue weighted by Gasteiger charge is -2.17. The van der Waals surface area contributed by atoms with Crippen molar-refractivity contribution in [1.82, 2.24) is 15.2 Å². The summed E-state index contributed by atoms with van der Waals surface area (Å²) in [5, 5.41) is 2.57. The number of carbonyl (C=O) groups excluding carboxylic acids is 3. The van der Waals surface area contributed by atoms with E-state index in [1.54, 1.807) is 45.0 Å². The van der Waals surface area contributed by atoms with Crippen molar-refractivity contribution in [2.75, 3.05) is 14.1 Å². The van der Waals surface area contributed by atoms with Gasteiger partial charge in [0.2, 0.25) is 0 Å². The zero-order chi connectivity index (χ0) is 18.7. The molecule has 2 rings (SSSR count). The van der Waals surface area contributed by atoms with Crippen molar-refractivity contribution in [3.8, 4) is 0 Å². The molecule has 0 aliphatic carbocycles. The Hall–Kier alpha value is -2.89. The summed E-state index contributed by atoms with van der Waals surface area (Å²) < 4.78 is 0. The predicted octanol–water partition coefficient (Wildman–Crippen LogP) is 2.47. The number of H-pyrrole nitrogens is 1. The van der Waals surface area contributed by atoms with Gasteiger partial charge in [-0.25, -0.2) is 0 Å². The molecule has 0 atom stereocenters. The Kier molecular flexibility index (Phi) is 5.41. The van der Waals surface area contributed by atoms with Crippen LogP contribution in [0.5, 0.6) is 0 Å². The molecule has 25 heavy (non-hydrogen) atoms. The van der Waals surface area contributed by atoms with E-state index in [0.29, 0.717) is 34.6 Å². The number of hydrogen-bond donors (Lipinski definition) is 2. The van der Waals surface area contributed by atoms with E-state index in [4.69, 9.17) is 0 Å². The monoisotopic (exact) mass is 341 g/mol. The van der Waals surface area contributed by atoms with Crippen LogP contribution in [0.15, 0.2) is 24.3 Å². The molecule has 2 amide bonds. The fourth-order valence-corrected chi connectivity index (χ4v) is 2.93. The summed E-state index contributed by atoms with van der Waals surface area (Å²) in [5.74, 6) is -0.383. The fraction of sp³-hybridized carbons (Fsp3) is 0.316. The third kappa shape index (κ3) is 3.79. The van der Waals surface area contributed by atoms with Crippen LogP contribution in [0.4, 0.5) is 0 Å². The highest BCUT2D eigenvalue weighted by atomic mass is 16.2. The molecule has 0 saturated carbocycles. The molecule has 1 heterocycles. The molecule has 6 nitrogen and oxygen atoms in total. The lowest BCUT2D eigenvalue weighted by molar-refractivity contribution is 0.0778. The van der Waals surface area contributed by atoms with Crippen molar-refractivity contribution < 1.29 is 14.4 Å². The Bertz CT molecular complexity index is 819. The zero-order valence-electron chi connectivity index (χ0n) is 15.2. The number of rotatable bonds is 5. The van der Waals surface area contributed by atoms with E-state index < -0.39 is 0 Å². The first-order valence-electron chi connectivity index (χ1n) is 8.02. The topological polar surface area (TPSA) is 82.3 Å². The Balaban J connectivity index is 2.17. The second kappa shape index (κ2) is 7.34. The predicted molar refractivity (Wildman–Crippen MR) is 95.9 cm³/mol. The minimum absolute atomic E-state index is 0.0576. The number of hydrogen-bond acceptors (Lipinski definition) is 3. The van der Waals surface area contributed by atoms with Gasteiger partial charge in [0.05, 0.1) is 0 Å². The molecule has 0 aliphatic rings. The quantitative estimate of drug-likeness (QED) is 0.820. The molecule has 132 valence electrons. The van der Waals surface area contributed by atoms with Crippen LogP contribution < -0.4 is 5.32 Å². The Labute approximate surface area is 147 Å². The van der Waals surface area contributed by atoms with Crippen molar-refractivity contribution in [1.29, 1.82) is 0 Å². The van der Waals surface area contributed by atoms with Gasteiger partial charge in [0, 0.05) is 37.5 Å². The van der Waals surface area contributed by atoms with Gasteiger partial charge >= 0.3 is 0 Å². The molecule has 0 spiro atoms. The van der Waals surface area contributed by atoms with E-state index in [-0.39, 0.29) is 17.6 Å². The molecule has 2 N–H and O–H groups in total. The van der Waals surface area contributed by atoms with Gasteiger partial charge in [0.1, 0.15) is 5.69 Å². The minimum atomic E-state index is -0.177. The Morgan fingerprint density at radius 1 is 1.12 bits per heavy atom. The third-order valence-corrected chi connectivity index (χ3v) is 4.21. The van der Waals surface area contributed by atoms with Gasteiger partial charge in [0.15, 0.2) is 5.78 Å². The second-order valence-corrected chi connectivity index (χ2v) is 6.12. The van der Waals surface area contributed by atoms with Gasteiger partial charge in [-0.3, -0.25) is 14.4 Å². The maximum absolute atomic E-state index is 12.7. The number of aromatic amines is 1. The van der Waals surface area contributed by atoms with Crippen molar-refractivity contribution >= 4 is 17.6 Å². The molecular formula is C19H23N3O3. The van der Waals surface area contributed by atoms with Crippen molar-refractivity contribution in [3.63, 3.8) is 0 Å². The molecule has 1 aromatic carbocycles. The number of Topliss-reactive ketones (excluding diaryl/α,β-unsaturated/α-hetero) is 1. The largest absolute Gasteiger partial charge is 0.355 e. The minimum Gasteiger partial charge on any atom is -0.355 e. The number of benzene rings is 1. The molecule has 6 heteroatoms. The zero-order valence-corrected chi connectivity index (χ0v) is 15.2. The fourth-order valence-electron chi connectivity index (χ4n) is 2.93. The number of nitrogens with one attached hydrogen (secondary N) is 2. The maximum Gasteiger partial charge on any atom is 0.270 e. The van der Waals surface area contributed by atoms with E-state index in [1.165, 1.54) is 6.92 Å². The van der Waals surface area contributed by atoms with E-state index >= 15 is 0 Å². The first-order valence-corrected chi connectivity index (χ1v) is 8.02. The van der Waals surface area contributed by atoms with Crippen LogP contribution in [-0.4, -0.2) is 41.6 Å². The highest BCUT2D eigenvalue weighted by Gasteiger charge is 2.22. The molecule has 0 saturated heterocycles. The normalized spacial score (nSPS) is 10.4. The van der Waals surface area contributed by atoms with Crippen LogP contribution in [0, 0.1) is 13.8 Å². The average molecular weight is 341 g/mol. The summed E-state index contributed by atoms with van der Waals surface area (Å²) in [5.41, 5.74) is 3.88. The van der Waals surface area contributed by atoms with Crippen LogP contribution in [0.1, 0.15) is 54.9 Å². The van der Waals surface area contributed by atoms with Crippen LogP contribution >= 0.6 is 0 Å². The van der Waals surface area contributed by atoms with E-state index in [2.05, 4.69) is 10.3 Å². The Morgan fingerprint density at radius 3 is 2.20 bits per heavy atom. The number of ketones is 1. The number of nitrogens with zero attached hydrogens (tertiary/aromatic N) is 1.